The van der Waals surface area contributed by atoms with Crippen molar-refractivity contribution < 1.29 is 9.21 Å². The minimum absolute atomic E-state index is 0.0194. The third-order valence-corrected chi connectivity index (χ3v) is 3.47. The summed E-state index contributed by atoms with van der Waals surface area (Å²) in [5.41, 5.74) is 0.915. The normalized spacial score (nSPS) is 17.4. The average molecular weight is 301 g/mol. The monoisotopic (exact) mass is 300 g/mol. The number of hydrogen-bond acceptors (Lipinski definition) is 3. The van der Waals surface area contributed by atoms with Crippen molar-refractivity contribution in [1.82, 2.24) is 9.80 Å². The zero-order valence-corrected chi connectivity index (χ0v) is 11.6. The Bertz CT molecular complexity index is 384. The molecule has 0 bridgehead atoms. The Morgan fingerprint density at radius 3 is 2.65 bits per heavy atom. The van der Waals surface area contributed by atoms with Gasteiger partial charge >= 0.3 is 0 Å². The molecule has 2 heterocycles. The van der Waals surface area contributed by atoms with Crippen molar-refractivity contribution in [2.45, 2.75) is 6.92 Å². The van der Waals surface area contributed by atoms with Gasteiger partial charge in [0, 0.05) is 43.6 Å². The molecule has 1 saturated heterocycles. The predicted octanol–water partition coefficient (Wildman–Crippen LogP) is 1.74. The summed E-state index contributed by atoms with van der Waals surface area (Å²) in [5.74, 6) is 0.505. The number of alkyl halides is 1. The summed E-state index contributed by atoms with van der Waals surface area (Å²) in [6, 6.07) is 1.83. The average Bonchev–Trinajstić information content (AvgIpc) is 2.76. The van der Waals surface area contributed by atoms with Crippen LogP contribution in [0.1, 0.15) is 16.1 Å². The van der Waals surface area contributed by atoms with Gasteiger partial charge in [-0.15, -0.1) is 0 Å². The number of piperazine rings is 1. The highest BCUT2D eigenvalue weighted by Crippen LogP contribution is 2.13. The fourth-order valence-corrected chi connectivity index (χ4v) is 2.53. The Morgan fingerprint density at radius 1 is 1.41 bits per heavy atom. The second-order valence-electron chi connectivity index (χ2n) is 4.26. The van der Waals surface area contributed by atoms with Gasteiger partial charge in [-0.25, -0.2) is 0 Å². The number of halogens is 1. The third-order valence-electron chi connectivity index (χ3n) is 3.12. The van der Waals surface area contributed by atoms with Crippen molar-refractivity contribution in [2.75, 3.05) is 38.1 Å². The molecule has 1 amide bonds. The molecular weight excluding hydrogens is 284 g/mol. The first-order valence-corrected chi connectivity index (χ1v) is 6.96. The molecule has 5 heteroatoms. The van der Waals surface area contributed by atoms with E-state index >= 15 is 0 Å². The van der Waals surface area contributed by atoms with Gasteiger partial charge in [0.15, 0.2) is 5.76 Å². The summed E-state index contributed by atoms with van der Waals surface area (Å²) in [4.78, 5) is 16.4. The van der Waals surface area contributed by atoms with Crippen molar-refractivity contribution in [3.05, 3.63) is 23.7 Å². The van der Waals surface area contributed by atoms with E-state index in [-0.39, 0.29) is 5.91 Å². The number of nitrogens with zero attached hydrogens (tertiary/aromatic N) is 2. The van der Waals surface area contributed by atoms with E-state index in [1.165, 1.54) is 0 Å². The number of amides is 1. The summed E-state index contributed by atoms with van der Waals surface area (Å²) in [7, 11) is 0. The third kappa shape index (κ3) is 2.90. The molecule has 0 aromatic carbocycles. The maximum atomic E-state index is 12.2. The molecule has 4 nitrogen and oxygen atoms in total. The van der Waals surface area contributed by atoms with Gasteiger partial charge in [0.05, 0.1) is 6.26 Å². The number of hydrogen-bond donors (Lipinski definition) is 0. The smallest absolute Gasteiger partial charge is 0.289 e. The topological polar surface area (TPSA) is 36.7 Å². The zero-order chi connectivity index (χ0) is 12.3. The second kappa shape index (κ2) is 5.69. The summed E-state index contributed by atoms with van der Waals surface area (Å²) in [6.45, 7) is 6.39. The van der Waals surface area contributed by atoms with E-state index in [1.54, 1.807) is 6.26 Å². The molecule has 1 fully saturated rings. The molecule has 0 radical (unpaired) electrons. The molecule has 0 unspecified atom stereocenters. The zero-order valence-electron chi connectivity index (χ0n) is 9.99. The lowest BCUT2D eigenvalue weighted by Crippen LogP contribution is -2.49. The molecule has 1 aromatic heterocycles. The van der Waals surface area contributed by atoms with Crippen LogP contribution in [0, 0.1) is 6.92 Å². The highest BCUT2D eigenvalue weighted by atomic mass is 79.9. The Balaban J connectivity index is 1.93. The highest BCUT2D eigenvalue weighted by molar-refractivity contribution is 9.09. The van der Waals surface area contributed by atoms with Crippen LogP contribution >= 0.6 is 15.9 Å². The van der Waals surface area contributed by atoms with Crippen LogP contribution in [0.15, 0.2) is 16.7 Å². The van der Waals surface area contributed by atoms with Crippen LogP contribution in [-0.4, -0.2) is 53.8 Å². The number of rotatable bonds is 3. The van der Waals surface area contributed by atoms with Crippen molar-refractivity contribution in [3.63, 3.8) is 0 Å². The van der Waals surface area contributed by atoms with E-state index in [1.807, 2.05) is 17.9 Å². The lowest BCUT2D eigenvalue weighted by molar-refractivity contribution is 0.0613. The molecule has 0 aliphatic carbocycles. The van der Waals surface area contributed by atoms with Gasteiger partial charge in [-0.05, 0) is 13.0 Å². The van der Waals surface area contributed by atoms with Crippen LogP contribution in [0.2, 0.25) is 0 Å². The van der Waals surface area contributed by atoms with Gasteiger partial charge in [0.25, 0.3) is 5.91 Å². The number of carbonyl (C=O) groups is 1. The first-order valence-electron chi connectivity index (χ1n) is 5.84. The van der Waals surface area contributed by atoms with E-state index in [9.17, 15) is 4.79 Å². The number of carbonyl (C=O) groups excluding carboxylic acids is 1. The molecule has 17 heavy (non-hydrogen) atoms. The van der Waals surface area contributed by atoms with Crippen LogP contribution < -0.4 is 0 Å². The van der Waals surface area contributed by atoms with Gasteiger partial charge < -0.3 is 9.32 Å². The molecule has 0 saturated carbocycles. The molecule has 1 aromatic rings. The van der Waals surface area contributed by atoms with E-state index < -0.39 is 0 Å². The van der Waals surface area contributed by atoms with Gasteiger partial charge in [0.1, 0.15) is 0 Å². The Kier molecular flexibility index (Phi) is 4.23. The largest absolute Gasteiger partial charge is 0.459 e. The van der Waals surface area contributed by atoms with Crippen LogP contribution in [-0.2, 0) is 0 Å². The Labute approximate surface area is 110 Å². The standard InChI is InChI=1S/C12H17BrN2O2/c1-10-2-9-17-11(10)12(16)15-7-5-14(4-3-13)6-8-15/h2,9H,3-8H2,1H3. The van der Waals surface area contributed by atoms with Crippen molar-refractivity contribution in [3.8, 4) is 0 Å². The summed E-state index contributed by atoms with van der Waals surface area (Å²) in [5, 5.41) is 0.984. The lowest BCUT2D eigenvalue weighted by atomic mass is 10.2. The Hall–Kier alpha value is -0.810. The summed E-state index contributed by atoms with van der Waals surface area (Å²) in [6.07, 6.45) is 1.57. The van der Waals surface area contributed by atoms with E-state index in [0.717, 1.165) is 43.6 Å². The van der Waals surface area contributed by atoms with Crippen LogP contribution in [0.4, 0.5) is 0 Å². The van der Waals surface area contributed by atoms with E-state index in [2.05, 4.69) is 20.8 Å². The minimum Gasteiger partial charge on any atom is -0.459 e. The van der Waals surface area contributed by atoms with Gasteiger partial charge in [-0.2, -0.15) is 0 Å². The molecular formula is C12H17BrN2O2. The first-order chi connectivity index (χ1) is 8.22. The van der Waals surface area contributed by atoms with Gasteiger partial charge in [0.2, 0.25) is 0 Å². The molecule has 1 aliphatic heterocycles. The molecule has 0 N–H and O–H groups in total. The fourth-order valence-electron chi connectivity index (χ4n) is 2.03. The molecule has 1 aliphatic rings. The van der Waals surface area contributed by atoms with Crippen LogP contribution in [0.3, 0.4) is 0 Å². The van der Waals surface area contributed by atoms with Crippen molar-refractivity contribution >= 4 is 21.8 Å². The lowest BCUT2D eigenvalue weighted by Gasteiger charge is -2.34. The quantitative estimate of drug-likeness (QED) is 0.798. The van der Waals surface area contributed by atoms with Crippen molar-refractivity contribution in [2.24, 2.45) is 0 Å². The number of furan rings is 1. The second-order valence-corrected chi connectivity index (χ2v) is 5.05. The van der Waals surface area contributed by atoms with Gasteiger partial charge in [-0.1, -0.05) is 15.9 Å². The Morgan fingerprint density at radius 2 is 2.12 bits per heavy atom. The summed E-state index contributed by atoms with van der Waals surface area (Å²) < 4.78 is 5.24. The predicted molar refractivity (Wildman–Crippen MR) is 69.6 cm³/mol. The molecule has 2 rings (SSSR count). The summed E-state index contributed by atoms with van der Waals surface area (Å²) >= 11 is 3.43. The molecule has 0 atom stereocenters. The fraction of sp³-hybridized carbons (Fsp3) is 0.583. The van der Waals surface area contributed by atoms with Crippen LogP contribution in [0.5, 0.6) is 0 Å². The number of aryl methyl sites for hydroxylation is 1. The SMILES string of the molecule is Cc1ccoc1C(=O)N1CCN(CCBr)CC1. The molecule has 94 valence electrons. The van der Waals surface area contributed by atoms with Crippen molar-refractivity contribution in [1.29, 1.82) is 0 Å². The maximum absolute atomic E-state index is 12.2. The van der Waals surface area contributed by atoms with E-state index in [4.69, 9.17) is 4.42 Å². The molecule has 0 spiro atoms. The highest BCUT2D eigenvalue weighted by Gasteiger charge is 2.24. The minimum atomic E-state index is 0.0194. The maximum Gasteiger partial charge on any atom is 0.289 e. The van der Waals surface area contributed by atoms with Crippen LogP contribution in [0.25, 0.3) is 0 Å². The first kappa shape index (κ1) is 12.6. The van der Waals surface area contributed by atoms with E-state index in [0.29, 0.717) is 5.76 Å². The van der Waals surface area contributed by atoms with Gasteiger partial charge in [-0.3, -0.25) is 9.69 Å².